The minimum absolute atomic E-state index is 0.0210. The van der Waals surface area contributed by atoms with Gasteiger partial charge >= 0.3 is 5.97 Å². The van der Waals surface area contributed by atoms with Crippen LogP contribution in [0.5, 0.6) is 5.75 Å². The molecule has 2 aromatic rings. The van der Waals surface area contributed by atoms with Gasteiger partial charge in [-0.05, 0) is 17.7 Å². The maximum atomic E-state index is 12.7. The van der Waals surface area contributed by atoms with Crippen LogP contribution in [0.2, 0.25) is 0 Å². The third-order valence-electron chi connectivity index (χ3n) is 4.00. The lowest BCUT2D eigenvalue weighted by Gasteiger charge is -2.14. The number of esters is 1. The molecule has 0 spiro atoms. The lowest BCUT2D eigenvalue weighted by Crippen LogP contribution is -2.09. The molecule has 0 amide bonds. The van der Waals surface area contributed by atoms with Gasteiger partial charge in [-0.25, -0.2) is 0 Å². The first kappa shape index (κ1) is 15.3. The smallest absolute Gasteiger partial charge is 0.302 e. The van der Waals surface area contributed by atoms with Crippen LogP contribution in [-0.2, 0) is 16.1 Å². The van der Waals surface area contributed by atoms with E-state index in [-0.39, 0.29) is 17.7 Å². The second-order valence-corrected chi connectivity index (χ2v) is 5.73. The van der Waals surface area contributed by atoms with Crippen LogP contribution in [0.3, 0.4) is 0 Å². The van der Waals surface area contributed by atoms with Crippen molar-refractivity contribution < 1.29 is 19.1 Å². The average molecular weight is 310 g/mol. The number of ketones is 1. The lowest BCUT2D eigenvalue weighted by atomic mass is 9.95. The molecule has 0 radical (unpaired) electrons. The van der Waals surface area contributed by atoms with Gasteiger partial charge in [0.25, 0.3) is 0 Å². The summed E-state index contributed by atoms with van der Waals surface area (Å²) in [5, 5.41) is 0. The van der Waals surface area contributed by atoms with Crippen molar-refractivity contribution in [3.63, 3.8) is 0 Å². The largest absolute Gasteiger partial charge is 0.488 e. The number of fused-ring (bicyclic) bond motifs is 2. The van der Waals surface area contributed by atoms with Crippen LogP contribution >= 0.6 is 0 Å². The van der Waals surface area contributed by atoms with E-state index >= 15 is 0 Å². The summed E-state index contributed by atoms with van der Waals surface area (Å²) in [7, 11) is 0. The Labute approximate surface area is 135 Å². The first-order chi connectivity index (χ1) is 11.1. The molecule has 1 aliphatic rings. The highest BCUT2D eigenvalue weighted by Gasteiger charge is 2.22. The first-order valence-corrected chi connectivity index (χ1v) is 7.59. The quantitative estimate of drug-likeness (QED) is 0.815. The fourth-order valence-corrected chi connectivity index (χ4v) is 2.66. The number of rotatable bonds is 3. The number of carbonyl (C=O) groups excluding carboxylic acids is 2. The summed E-state index contributed by atoms with van der Waals surface area (Å²) >= 11 is 0. The third-order valence-corrected chi connectivity index (χ3v) is 4.00. The topological polar surface area (TPSA) is 52.6 Å². The van der Waals surface area contributed by atoms with Crippen LogP contribution in [0, 0.1) is 0 Å². The molecule has 118 valence electrons. The van der Waals surface area contributed by atoms with Crippen LogP contribution in [-0.4, -0.2) is 18.4 Å². The molecule has 0 saturated carbocycles. The van der Waals surface area contributed by atoms with Gasteiger partial charge in [0.05, 0.1) is 12.2 Å². The van der Waals surface area contributed by atoms with E-state index in [1.807, 2.05) is 43.3 Å². The molecule has 1 heterocycles. The number of hydrogen-bond donors (Lipinski definition) is 0. The molecule has 0 saturated heterocycles. The van der Waals surface area contributed by atoms with E-state index < -0.39 is 0 Å². The van der Waals surface area contributed by atoms with E-state index in [0.29, 0.717) is 30.1 Å². The zero-order valence-electron chi connectivity index (χ0n) is 13.2. The fourth-order valence-electron chi connectivity index (χ4n) is 2.66. The SMILES string of the molecule is CC(=O)OC[C@@H](C)c1ccc2c(c1)OCc1ccccc1C2=O. The first-order valence-electron chi connectivity index (χ1n) is 7.59. The van der Waals surface area contributed by atoms with Gasteiger partial charge in [0.15, 0.2) is 5.78 Å². The van der Waals surface area contributed by atoms with Gasteiger partial charge in [-0.2, -0.15) is 0 Å². The summed E-state index contributed by atoms with van der Waals surface area (Å²) < 4.78 is 10.9. The summed E-state index contributed by atoms with van der Waals surface area (Å²) in [6, 6.07) is 13.0. The molecule has 4 heteroatoms. The van der Waals surface area contributed by atoms with Gasteiger partial charge in [0.1, 0.15) is 12.4 Å². The predicted molar refractivity (Wildman–Crippen MR) is 85.7 cm³/mol. The molecule has 4 nitrogen and oxygen atoms in total. The second-order valence-electron chi connectivity index (χ2n) is 5.73. The molecular formula is C19H18O4. The van der Waals surface area contributed by atoms with Crippen LogP contribution in [0.15, 0.2) is 42.5 Å². The molecule has 0 unspecified atom stereocenters. The molecule has 3 rings (SSSR count). The zero-order valence-corrected chi connectivity index (χ0v) is 13.2. The molecule has 0 aliphatic carbocycles. The Bertz CT molecular complexity index is 764. The molecule has 1 atom stereocenters. The summed E-state index contributed by atoms with van der Waals surface area (Å²) in [6.07, 6.45) is 0. The third kappa shape index (κ3) is 3.11. The maximum Gasteiger partial charge on any atom is 0.302 e. The standard InChI is InChI=1S/C19H18O4/c1-12(10-22-13(2)20)14-7-8-17-18(9-14)23-11-15-5-3-4-6-16(15)19(17)21/h3-9,12H,10-11H2,1-2H3/t12-/m1/s1. The van der Waals surface area contributed by atoms with Crippen molar-refractivity contribution in [3.05, 3.63) is 64.7 Å². The second kappa shape index (κ2) is 6.24. The summed E-state index contributed by atoms with van der Waals surface area (Å²) in [5.74, 6) is 0.299. The van der Waals surface area contributed by atoms with Crippen molar-refractivity contribution in [3.8, 4) is 5.75 Å². The Morgan fingerprint density at radius 1 is 1.22 bits per heavy atom. The highest BCUT2D eigenvalue weighted by atomic mass is 16.5. The molecule has 0 aromatic heterocycles. The van der Waals surface area contributed by atoms with Crippen molar-refractivity contribution in [1.82, 2.24) is 0 Å². The number of ether oxygens (including phenoxy) is 2. The summed E-state index contributed by atoms with van der Waals surface area (Å²) in [5.41, 5.74) is 3.12. The van der Waals surface area contributed by atoms with Crippen LogP contribution in [0.1, 0.15) is 46.8 Å². The monoisotopic (exact) mass is 310 g/mol. The van der Waals surface area contributed by atoms with Crippen LogP contribution in [0.4, 0.5) is 0 Å². The van der Waals surface area contributed by atoms with Gasteiger partial charge in [0.2, 0.25) is 0 Å². The molecule has 0 N–H and O–H groups in total. The van der Waals surface area contributed by atoms with Crippen LogP contribution in [0.25, 0.3) is 0 Å². The van der Waals surface area contributed by atoms with Crippen LogP contribution < -0.4 is 4.74 Å². The molecule has 0 fully saturated rings. The highest BCUT2D eigenvalue weighted by Crippen LogP contribution is 2.31. The minimum Gasteiger partial charge on any atom is -0.488 e. The Hall–Kier alpha value is -2.62. The van der Waals surface area contributed by atoms with Gasteiger partial charge in [-0.1, -0.05) is 37.3 Å². The van der Waals surface area contributed by atoms with Crippen molar-refractivity contribution >= 4 is 11.8 Å². The molecule has 0 bridgehead atoms. The summed E-state index contributed by atoms with van der Waals surface area (Å²) in [6.45, 7) is 4.04. The molecule has 23 heavy (non-hydrogen) atoms. The van der Waals surface area contributed by atoms with Gasteiger partial charge < -0.3 is 9.47 Å². The predicted octanol–water partition coefficient (Wildman–Crippen LogP) is 3.48. The van der Waals surface area contributed by atoms with Gasteiger partial charge in [0, 0.05) is 24.0 Å². The fraction of sp³-hybridized carbons (Fsp3) is 0.263. The molecule has 2 aromatic carbocycles. The van der Waals surface area contributed by atoms with Crippen molar-refractivity contribution in [2.75, 3.05) is 6.61 Å². The Kier molecular flexibility index (Phi) is 4.15. The van der Waals surface area contributed by atoms with Crippen molar-refractivity contribution in [2.24, 2.45) is 0 Å². The minimum atomic E-state index is -0.298. The van der Waals surface area contributed by atoms with E-state index in [1.165, 1.54) is 6.92 Å². The maximum absolute atomic E-state index is 12.7. The highest BCUT2D eigenvalue weighted by molar-refractivity contribution is 6.12. The lowest BCUT2D eigenvalue weighted by molar-refractivity contribution is -0.141. The Morgan fingerprint density at radius 3 is 2.78 bits per heavy atom. The Balaban J connectivity index is 1.90. The summed E-state index contributed by atoms with van der Waals surface area (Å²) in [4.78, 5) is 23.6. The van der Waals surface area contributed by atoms with Crippen molar-refractivity contribution in [2.45, 2.75) is 26.4 Å². The van der Waals surface area contributed by atoms with E-state index in [2.05, 4.69) is 0 Å². The van der Waals surface area contributed by atoms with E-state index in [9.17, 15) is 9.59 Å². The average Bonchev–Trinajstić information content (AvgIpc) is 2.70. The van der Waals surface area contributed by atoms with E-state index in [1.54, 1.807) is 6.07 Å². The molecular weight excluding hydrogens is 292 g/mol. The Morgan fingerprint density at radius 2 is 2.00 bits per heavy atom. The van der Waals surface area contributed by atoms with E-state index in [4.69, 9.17) is 9.47 Å². The van der Waals surface area contributed by atoms with Gasteiger partial charge in [-0.3, -0.25) is 9.59 Å². The zero-order chi connectivity index (χ0) is 16.4. The normalized spacial score (nSPS) is 14.1. The molecule has 1 aliphatic heterocycles. The number of hydrogen-bond acceptors (Lipinski definition) is 4. The van der Waals surface area contributed by atoms with Crippen molar-refractivity contribution in [1.29, 1.82) is 0 Å². The van der Waals surface area contributed by atoms with E-state index in [0.717, 1.165) is 11.1 Å². The number of benzene rings is 2. The van der Waals surface area contributed by atoms with Gasteiger partial charge in [-0.15, -0.1) is 0 Å². The number of carbonyl (C=O) groups is 2.